The molecule has 0 atom stereocenters. The van der Waals surface area contributed by atoms with Crippen LogP contribution in [-0.4, -0.2) is 59.7 Å². The van der Waals surface area contributed by atoms with Crippen LogP contribution in [-0.2, 0) is 25.1 Å². The van der Waals surface area contributed by atoms with Crippen molar-refractivity contribution in [2.75, 3.05) is 0 Å². The Hall–Kier alpha value is -5.79. The number of hydrogen-bond acceptors (Lipinski definition) is 13. The maximum absolute atomic E-state index is 13.2. The quantitative estimate of drug-likeness (QED) is 0.0304. The monoisotopic (exact) mass is 766 g/mol. The molecule has 16 nitrogen and oxygen atoms in total. The summed E-state index contributed by atoms with van der Waals surface area (Å²) in [7, 11) is -10.2. The van der Waals surface area contributed by atoms with E-state index in [0.717, 1.165) is 18.2 Å². The van der Waals surface area contributed by atoms with Crippen molar-refractivity contribution in [2.45, 2.75) is 48.8 Å². The van der Waals surface area contributed by atoms with Gasteiger partial charge in [0.1, 0.15) is 16.2 Å². The first kappa shape index (κ1) is 38.4. The molecule has 0 saturated heterocycles. The zero-order chi connectivity index (χ0) is 39.0. The highest BCUT2D eigenvalue weighted by atomic mass is 32.2. The van der Waals surface area contributed by atoms with Gasteiger partial charge in [-0.15, -0.1) is 0 Å². The van der Waals surface area contributed by atoms with Crippen molar-refractivity contribution in [2.24, 2.45) is 5.90 Å². The van der Waals surface area contributed by atoms with E-state index in [2.05, 4.69) is 4.84 Å². The summed E-state index contributed by atoms with van der Waals surface area (Å²) in [6, 6.07) is 12.3. The largest absolute Gasteiger partial charge is 0.507 e. The number of carbonyl (C=O) groups excluding carboxylic acids is 3. The number of nitrogens with two attached hydrogens (primary N) is 1. The Labute approximate surface area is 300 Å². The number of Topliss-reactive ketones (excluding diaryl/α,β-unsaturated/α-hetero) is 2. The molecule has 53 heavy (non-hydrogen) atoms. The summed E-state index contributed by atoms with van der Waals surface area (Å²) in [6.45, 7) is 1.32. The first-order valence-electron chi connectivity index (χ1n) is 15.6. The number of aromatic hydroxyl groups is 1. The number of aromatic carboxylic acids is 1. The van der Waals surface area contributed by atoms with Gasteiger partial charge in [0.15, 0.2) is 27.8 Å². The van der Waals surface area contributed by atoms with Gasteiger partial charge >= 0.3 is 11.9 Å². The predicted octanol–water partition coefficient (Wildman–Crippen LogP) is 4.94. The van der Waals surface area contributed by atoms with Crippen LogP contribution >= 0.6 is 0 Å². The van der Waals surface area contributed by atoms with Crippen molar-refractivity contribution in [3.63, 3.8) is 0 Å². The highest BCUT2D eigenvalue weighted by Gasteiger charge is 2.31. The fourth-order valence-corrected chi connectivity index (χ4v) is 7.62. The first-order chi connectivity index (χ1) is 24.8. The molecule has 3 aromatic rings. The lowest BCUT2D eigenvalue weighted by Gasteiger charge is -2.20. The molecule has 0 unspecified atom stereocenters. The number of phenols is 1. The highest BCUT2D eigenvalue weighted by molar-refractivity contribution is 7.86. The van der Waals surface area contributed by atoms with Crippen LogP contribution in [0.1, 0.15) is 79.1 Å². The molecule has 276 valence electrons. The van der Waals surface area contributed by atoms with Crippen LogP contribution < -0.4 is 11.3 Å². The Kier molecular flexibility index (Phi) is 10.6. The molecule has 0 aromatic heterocycles. The van der Waals surface area contributed by atoms with E-state index in [4.69, 9.17) is 15.7 Å². The minimum atomic E-state index is -5.17. The number of carboxylic acids is 1. The number of benzene rings is 4. The van der Waals surface area contributed by atoms with Gasteiger partial charge in [-0.05, 0) is 61.2 Å². The molecule has 1 heterocycles. The van der Waals surface area contributed by atoms with E-state index in [-0.39, 0.29) is 63.0 Å². The Morgan fingerprint density at radius 3 is 1.92 bits per heavy atom. The van der Waals surface area contributed by atoms with Gasteiger partial charge in [0, 0.05) is 40.5 Å². The number of hydrogen-bond donors (Lipinski definition) is 6. The standard InChI is InChI=1S/C35H30N2O14S2/c1-17-7-10-22-29(23-13-14-25(36)33(53(47,48)49)31(23)50-30(22)32(17)52(44,45)46)20-11-8-18(15-24(20)34(41)42)26(38)5-3-2-4-6-27(39)19-9-12-21(28(40)16-19)35(43)51-37/h7-16,36,40H,2-6,37H2,1H3,(H,41,42)(H,44,45,46)(H,47,48,49). The molecule has 7 N–H and O–H groups in total. The van der Waals surface area contributed by atoms with Gasteiger partial charge in [0.2, 0.25) is 0 Å². The van der Waals surface area contributed by atoms with Gasteiger partial charge in [-0.2, -0.15) is 22.7 Å². The second-order valence-electron chi connectivity index (χ2n) is 11.9. The summed E-state index contributed by atoms with van der Waals surface area (Å²) in [5, 5.41) is 27.6. The topological polar surface area (TPSA) is 290 Å². The number of carboxylic acid groups (broad SMARTS) is 1. The van der Waals surface area contributed by atoms with E-state index in [1.54, 1.807) is 0 Å². The summed E-state index contributed by atoms with van der Waals surface area (Å²) in [4.78, 5) is 52.2. The normalized spacial score (nSPS) is 11.8. The summed E-state index contributed by atoms with van der Waals surface area (Å²) in [5.74, 6) is 0.412. The van der Waals surface area contributed by atoms with Crippen molar-refractivity contribution in [1.82, 2.24) is 0 Å². The number of nitrogens with one attached hydrogen (secondary N) is 1. The summed E-state index contributed by atoms with van der Waals surface area (Å²) >= 11 is 0. The first-order valence-corrected chi connectivity index (χ1v) is 18.4. The summed E-state index contributed by atoms with van der Waals surface area (Å²) < 4.78 is 75.6. The van der Waals surface area contributed by atoms with Gasteiger partial charge in [0.25, 0.3) is 20.2 Å². The zero-order valence-corrected chi connectivity index (χ0v) is 29.2. The lowest BCUT2D eigenvalue weighted by atomic mass is 9.88. The average Bonchev–Trinajstić information content (AvgIpc) is 3.08. The number of phenolic OH excluding ortho intramolecular Hbond substituents is 1. The third kappa shape index (κ3) is 7.71. The Morgan fingerprint density at radius 2 is 1.36 bits per heavy atom. The van der Waals surface area contributed by atoms with Gasteiger partial charge in [0.05, 0.1) is 10.9 Å². The smallest absolute Gasteiger partial charge is 0.360 e. The summed E-state index contributed by atoms with van der Waals surface area (Å²) in [6.07, 6.45) is 1.16. The summed E-state index contributed by atoms with van der Waals surface area (Å²) in [5.41, 5.74) is -1.42. The number of carbonyl (C=O) groups is 4. The Balaban J connectivity index is 1.46. The molecule has 2 aliphatic rings. The molecule has 18 heteroatoms. The molecule has 5 rings (SSSR count). The second kappa shape index (κ2) is 14.7. The molecule has 0 spiro atoms. The van der Waals surface area contributed by atoms with Crippen LogP contribution in [0.15, 0.2) is 74.9 Å². The van der Waals surface area contributed by atoms with E-state index in [9.17, 15) is 55.3 Å². The average molecular weight is 767 g/mol. The predicted molar refractivity (Wildman–Crippen MR) is 185 cm³/mol. The lowest BCUT2D eigenvalue weighted by Crippen LogP contribution is -2.16. The molecule has 0 radical (unpaired) electrons. The fourth-order valence-electron chi connectivity index (χ4n) is 6.02. The number of unbranched alkanes of at least 4 members (excludes halogenated alkanes) is 2. The van der Waals surface area contributed by atoms with E-state index < -0.39 is 75.8 Å². The van der Waals surface area contributed by atoms with Crippen molar-refractivity contribution in [3.05, 3.63) is 93.8 Å². The van der Waals surface area contributed by atoms with Gasteiger partial charge in [-0.25, -0.2) is 9.59 Å². The van der Waals surface area contributed by atoms with Crippen molar-refractivity contribution < 1.29 is 64.6 Å². The number of rotatable bonds is 13. The minimum absolute atomic E-state index is 0.00423. The van der Waals surface area contributed by atoms with Crippen molar-refractivity contribution in [3.8, 4) is 28.2 Å². The van der Waals surface area contributed by atoms with Crippen LogP contribution in [0.2, 0.25) is 0 Å². The van der Waals surface area contributed by atoms with E-state index >= 15 is 0 Å². The Morgan fingerprint density at radius 1 is 0.774 bits per heavy atom. The van der Waals surface area contributed by atoms with Crippen molar-refractivity contribution in [1.29, 1.82) is 5.41 Å². The van der Waals surface area contributed by atoms with Crippen LogP contribution in [0.3, 0.4) is 0 Å². The van der Waals surface area contributed by atoms with E-state index in [1.165, 1.54) is 49.4 Å². The lowest BCUT2D eigenvalue weighted by molar-refractivity contribution is 0.0499. The molecule has 3 aromatic carbocycles. The van der Waals surface area contributed by atoms with Gasteiger partial charge in [-0.3, -0.25) is 24.1 Å². The molecule has 0 fully saturated rings. The van der Waals surface area contributed by atoms with Crippen LogP contribution in [0.5, 0.6) is 5.75 Å². The molecular weight excluding hydrogens is 737 g/mol. The molecular formula is C35H30N2O14S2. The van der Waals surface area contributed by atoms with Crippen LogP contribution in [0.4, 0.5) is 0 Å². The molecule has 0 bridgehead atoms. The third-order valence-corrected chi connectivity index (χ3v) is 10.4. The van der Waals surface area contributed by atoms with E-state index in [1.807, 2.05) is 0 Å². The third-order valence-electron chi connectivity index (χ3n) is 8.48. The van der Waals surface area contributed by atoms with Crippen LogP contribution in [0.25, 0.3) is 33.4 Å². The minimum Gasteiger partial charge on any atom is -0.507 e. The maximum Gasteiger partial charge on any atom is 0.360 e. The van der Waals surface area contributed by atoms with Crippen molar-refractivity contribution >= 4 is 54.7 Å². The van der Waals surface area contributed by atoms with Gasteiger partial charge < -0.3 is 19.5 Å². The van der Waals surface area contributed by atoms with E-state index in [0.29, 0.717) is 19.3 Å². The zero-order valence-electron chi connectivity index (χ0n) is 27.6. The number of fused-ring (bicyclic) bond motifs is 2. The highest BCUT2D eigenvalue weighted by Crippen LogP contribution is 2.45. The molecule has 1 aliphatic heterocycles. The molecule has 0 saturated carbocycles. The van der Waals surface area contributed by atoms with Crippen LogP contribution in [0, 0.1) is 12.3 Å². The molecule has 0 amide bonds. The molecule has 1 aliphatic carbocycles. The number of ketones is 2. The SMILES string of the molecule is Cc1ccc2c(-c3ccc(C(=O)CCCCCC(=O)c4ccc(C(=O)ON)c(O)c4)cc3C(=O)O)c3ccc(=N)c(S(=O)(=O)O)c-3oc2c1S(=O)(=O)O. The second-order valence-corrected chi connectivity index (χ2v) is 14.7. The van der Waals surface area contributed by atoms with Gasteiger partial charge in [-0.1, -0.05) is 36.8 Å². The maximum atomic E-state index is 13.2. The fraction of sp³-hybridized carbons (Fsp3) is 0.171. The Bertz CT molecular complexity index is 2610. The number of aryl methyl sites for hydroxylation is 1.